The molecule has 0 aliphatic carbocycles. The van der Waals surface area contributed by atoms with Crippen molar-refractivity contribution in [3.63, 3.8) is 0 Å². The number of rotatable bonds is 6. The zero-order valence-corrected chi connectivity index (χ0v) is 11.8. The van der Waals surface area contributed by atoms with Gasteiger partial charge in [0.15, 0.2) is 0 Å². The average molecular weight is 255 g/mol. The predicted molar refractivity (Wildman–Crippen MR) is 74.9 cm³/mol. The van der Waals surface area contributed by atoms with Crippen LogP contribution >= 0.6 is 12.6 Å². The third-order valence-electron chi connectivity index (χ3n) is 2.21. The molecule has 1 N–H and O–H groups in total. The van der Waals surface area contributed by atoms with E-state index >= 15 is 0 Å². The maximum atomic E-state index is 11.0. The van der Waals surface area contributed by atoms with E-state index in [1.54, 1.807) is 5.41 Å². The fraction of sp³-hybridized carbons (Fsp3) is 0.462. The maximum Gasteiger partial charge on any atom is 0.303 e. The highest BCUT2D eigenvalue weighted by Crippen LogP contribution is 2.14. The highest BCUT2D eigenvalue weighted by atomic mass is 32.1. The third-order valence-corrected chi connectivity index (χ3v) is 2.49. The molecule has 0 spiro atoms. The van der Waals surface area contributed by atoms with E-state index in [4.69, 9.17) is 4.74 Å². The normalized spacial score (nSPS) is 14.9. The second-order valence-electron chi connectivity index (χ2n) is 3.63. The number of hydrogen-bond acceptors (Lipinski definition) is 4. The minimum absolute atomic E-state index is 0.222. The standard InChI is InChI=1S/C13H21NO2S/c1-5-6-7-13(16-11(3)15)10(2)8-12(9-17)14-4/h5-6,8-9,13-14,17H,7H2,1-4H3/b6-5-,10-8+,12-9-/t13-/m0/s1. The first-order valence-corrected chi connectivity index (χ1v) is 6.05. The smallest absolute Gasteiger partial charge is 0.303 e. The molecule has 0 aliphatic heterocycles. The van der Waals surface area contributed by atoms with Gasteiger partial charge in [-0.1, -0.05) is 12.2 Å². The fourth-order valence-corrected chi connectivity index (χ4v) is 1.50. The Hall–Kier alpha value is -1.16. The van der Waals surface area contributed by atoms with Crippen molar-refractivity contribution >= 4 is 18.6 Å². The number of nitrogens with one attached hydrogen (secondary N) is 1. The van der Waals surface area contributed by atoms with E-state index in [0.29, 0.717) is 6.42 Å². The first-order chi connectivity index (χ1) is 8.04. The third kappa shape index (κ3) is 6.89. The quantitative estimate of drug-likeness (QED) is 0.332. The van der Waals surface area contributed by atoms with Crippen LogP contribution in [0.5, 0.6) is 0 Å². The van der Waals surface area contributed by atoms with Gasteiger partial charge in [0.1, 0.15) is 6.10 Å². The Labute approximate surface area is 109 Å². The van der Waals surface area contributed by atoms with Gasteiger partial charge in [0.2, 0.25) is 0 Å². The maximum absolute atomic E-state index is 11.0. The summed E-state index contributed by atoms with van der Waals surface area (Å²) in [5, 5.41) is 4.67. The van der Waals surface area contributed by atoms with Gasteiger partial charge in [-0.3, -0.25) is 4.79 Å². The van der Waals surface area contributed by atoms with Crippen LogP contribution in [0.2, 0.25) is 0 Å². The Bertz CT molecular complexity index is 332. The Balaban J connectivity index is 4.83. The molecular weight excluding hydrogens is 234 g/mol. The van der Waals surface area contributed by atoms with Crippen molar-refractivity contribution in [1.82, 2.24) is 5.32 Å². The molecule has 0 aromatic carbocycles. The average Bonchev–Trinajstić information content (AvgIpc) is 2.30. The van der Waals surface area contributed by atoms with Crippen molar-refractivity contribution in [1.29, 1.82) is 0 Å². The lowest BCUT2D eigenvalue weighted by Crippen LogP contribution is -2.18. The van der Waals surface area contributed by atoms with Crippen molar-refractivity contribution in [2.24, 2.45) is 0 Å². The molecule has 0 radical (unpaired) electrons. The number of likely N-dealkylation sites (N-methyl/N-ethyl adjacent to an activating group) is 1. The van der Waals surface area contributed by atoms with Crippen molar-refractivity contribution in [3.05, 3.63) is 34.9 Å². The van der Waals surface area contributed by atoms with Gasteiger partial charge < -0.3 is 10.1 Å². The molecule has 0 saturated carbocycles. The second-order valence-corrected chi connectivity index (χ2v) is 3.88. The van der Waals surface area contributed by atoms with E-state index in [2.05, 4.69) is 17.9 Å². The Morgan fingerprint density at radius 2 is 2.12 bits per heavy atom. The van der Waals surface area contributed by atoms with Crippen molar-refractivity contribution in [3.8, 4) is 0 Å². The molecule has 96 valence electrons. The molecule has 17 heavy (non-hydrogen) atoms. The number of hydrogen-bond donors (Lipinski definition) is 2. The summed E-state index contributed by atoms with van der Waals surface area (Å²) in [5.41, 5.74) is 1.86. The van der Waals surface area contributed by atoms with Gasteiger partial charge in [0.25, 0.3) is 0 Å². The van der Waals surface area contributed by atoms with Gasteiger partial charge in [-0.25, -0.2) is 0 Å². The van der Waals surface area contributed by atoms with Crippen molar-refractivity contribution < 1.29 is 9.53 Å². The fourth-order valence-electron chi connectivity index (χ4n) is 1.30. The van der Waals surface area contributed by atoms with Crippen LogP contribution in [-0.2, 0) is 9.53 Å². The van der Waals surface area contributed by atoms with Gasteiger partial charge in [-0.2, -0.15) is 0 Å². The van der Waals surface area contributed by atoms with Crippen LogP contribution in [0.4, 0.5) is 0 Å². The van der Waals surface area contributed by atoms with Crippen LogP contribution in [0.1, 0.15) is 27.2 Å². The number of allylic oxidation sites excluding steroid dienone is 2. The molecule has 0 aromatic rings. The van der Waals surface area contributed by atoms with E-state index in [9.17, 15) is 4.79 Å². The highest BCUT2D eigenvalue weighted by molar-refractivity contribution is 7.83. The second kappa shape index (κ2) is 8.93. The van der Waals surface area contributed by atoms with E-state index in [1.165, 1.54) is 6.92 Å². The molecule has 0 fully saturated rings. The van der Waals surface area contributed by atoms with E-state index in [1.807, 2.05) is 39.1 Å². The largest absolute Gasteiger partial charge is 0.458 e. The Morgan fingerprint density at radius 3 is 2.53 bits per heavy atom. The summed E-state index contributed by atoms with van der Waals surface area (Å²) in [6, 6.07) is 0. The van der Waals surface area contributed by atoms with Crippen LogP contribution in [0.25, 0.3) is 0 Å². The van der Waals surface area contributed by atoms with E-state index < -0.39 is 0 Å². The molecule has 4 heteroatoms. The van der Waals surface area contributed by atoms with Crippen molar-refractivity contribution in [2.75, 3.05) is 7.05 Å². The molecule has 0 saturated heterocycles. The van der Waals surface area contributed by atoms with Gasteiger partial charge in [0.05, 0.1) is 0 Å². The van der Waals surface area contributed by atoms with Crippen LogP contribution in [-0.4, -0.2) is 19.1 Å². The molecule has 0 aliphatic rings. The lowest BCUT2D eigenvalue weighted by atomic mass is 10.1. The van der Waals surface area contributed by atoms with Crippen LogP contribution < -0.4 is 5.32 Å². The van der Waals surface area contributed by atoms with Crippen LogP contribution in [0.3, 0.4) is 0 Å². The number of esters is 1. The summed E-state index contributed by atoms with van der Waals surface area (Å²) in [6.45, 7) is 5.30. The first-order valence-electron chi connectivity index (χ1n) is 5.53. The molecule has 3 nitrogen and oxygen atoms in total. The molecule has 0 amide bonds. The molecule has 0 bridgehead atoms. The van der Waals surface area contributed by atoms with Gasteiger partial charge in [0, 0.05) is 26.1 Å². The number of carbonyl (C=O) groups is 1. The highest BCUT2D eigenvalue weighted by Gasteiger charge is 2.12. The summed E-state index contributed by atoms with van der Waals surface area (Å²) in [6.07, 6.45) is 6.30. The predicted octanol–water partition coefficient (Wildman–Crippen LogP) is 2.82. The molecule has 1 atom stereocenters. The SMILES string of the molecule is C/C=C\C[C@H](OC(C)=O)/C(C)=C/C(=C/S)NC. The molecular formula is C13H21NO2S. The minimum atomic E-state index is -0.270. The van der Waals surface area contributed by atoms with Gasteiger partial charge in [-0.05, 0) is 30.9 Å². The Morgan fingerprint density at radius 1 is 1.47 bits per heavy atom. The molecule has 0 unspecified atom stereocenters. The van der Waals surface area contributed by atoms with E-state index in [0.717, 1.165) is 11.3 Å². The lowest BCUT2D eigenvalue weighted by Gasteiger charge is -2.16. The summed E-state index contributed by atoms with van der Waals surface area (Å²) in [5.74, 6) is -0.270. The minimum Gasteiger partial charge on any atom is -0.458 e. The summed E-state index contributed by atoms with van der Waals surface area (Å²) in [7, 11) is 1.82. The van der Waals surface area contributed by atoms with E-state index in [-0.39, 0.29) is 12.1 Å². The number of ether oxygens (including phenoxy) is 1. The molecule has 0 aromatic heterocycles. The van der Waals surface area contributed by atoms with Crippen molar-refractivity contribution in [2.45, 2.75) is 33.3 Å². The van der Waals surface area contributed by atoms with Gasteiger partial charge in [-0.15, -0.1) is 12.6 Å². The summed E-state index contributed by atoms with van der Waals surface area (Å²) in [4.78, 5) is 11.0. The van der Waals surface area contributed by atoms with Crippen LogP contribution in [0, 0.1) is 0 Å². The molecule has 0 rings (SSSR count). The Kier molecular flexibility index (Phi) is 8.32. The molecule has 0 heterocycles. The lowest BCUT2D eigenvalue weighted by molar-refractivity contribution is -0.144. The zero-order chi connectivity index (χ0) is 13.3. The summed E-state index contributed by atoms with van der Waals surface area (Å²) < 4.78 is 5.27. The monoisotopic (exact) mass is 255 g/mol. The van der Waals surface area contributed by atoms with Crippen LogP contribution in [0.15, 0.2) is 34.9 Å². The van der Waals surface area contributed by atoms with Gasteiger partial charge >= 0.3 is 5.97 Å². The topological polar surface area (TPSA) is 38.3 Å². The summed E-state index contributed by atoms with van der Waals surface area (Å²) >= 11 is 4.09. The number of carbonyl (C=O) groups excluding carboxylic acids is 1. The zero-order valence-electron chi connectivity index (χ0n) is 10.9. The first kappa shape index (κ1) is 15.8. The number of thiol groups is 1.